The van der Waals surface area contributed by atoms with Crippen LogP contribution in [0.3, 0.4) is 0 Å². The van der Waals surface area contributed by atoms with E-state index in [0.717, 1.165) is 0 Å². The minimum Gasteiger partial charge on any atom is -0.449 e. The summed E-state index contributed by atoms with van der Waals surface area (Å²) in [6, 6.07) is 0.0335. The predicted molar refractivity (Wildman–Crippen MR) is 64.8 cm³/mol. The molecule has 5 heteroatoms. The Labute approximate surface area is 96.8 Å². The van der Waals surface area contributed by atoms with Gasteiger partial charge in [0.05, 0.1) is 18.1 Å². The van der Waals surface area contributed by atoms with Gasteiger partial charge in [-0.1, -0.05) is 26.1 Å². The number of carbonyl (C=O) groups is 1. The molecule has 0 bridgehead atoms. The third-order valence-corrected chi connectivity index (χ3v) is 1.85. The van der Waals surface area contributed by atoms with Crippen LogP contribution in [-0.2, 0) is 4.74 Å². The number of hydrogen-bond donors (Lipinski definition) is 1. The highest BCUT2D eigenvalue weighted by Gasteiger charge is 2.19. The quantitative estimate of drug-likeness (QED) is 0.734. The van der Waals surface area contributed by atoms with Crippen LogP contribution in [0.25, 0.3) is 0 Å². The molecule has 0 spiro atoms. The number of amides is 1. The molecule has 0 fully saturated rings. The Bertz CT molecular complexity index is 229. The second-order valence-electron chi connectivity index (χ2n) is 4.16. The van der Waals surface area contributed by atoms with Crippen molar-refractivity contribution in [2.24, 2.45) is 11.7 Å². The van der Waals surface area contributed by atoms with Gasteiger partial charge in [0.1, 0.15) is 0 Å². The summed E-state index contributed by atoms with van der Waals surface area (Å²) in [5, 5.41) is 0. The lowest BCUT2D eigenvalue weighted by Gasteiger charge is -2.25. The number of hydrogen-bond acceptors (Lipinski definition) is 3. The van der Waals surface area contributed by atoms with Crippen LogP contribution in [0, 0.1) is 5.92 Å². The molecule has 0 rings (SSSR count). The molecule has 0 saturated heterocycles. The van der Waals surface area contributed by atoms with Crippen molar-refractivity contribution in [3.8, 4) is 0 Å². The van der Waals surface area contributed by atoms with E-state index in [1.54, 1.807) is 0 Å². The number of nitrogens with zero attached hydrogens (tertiary/aromatic N) is 1. The number of ether oxygens (including phenoxy) is 1. The van der Waals surface area contributed by atoms with Crippen molar-refractivity contribution in [2.45, 2.75) is 33.7 Å². The zero-order valence-corrected chi connectivity index (χ0v) is 10.6. The van der Waals surface area contributed by atoms with E-state index in [-0.39, 0.29) is 18.7 Å². The Balaban J connectivity index is 4.23. The summed E-state index contributed by atoms with van der Waals surface area (Å²) in [6.07, 6.45) is -0.355. The lowest BCUT2D eigenvalue weighted by Crippen LogP contribution is -2.42. The molecule has 15 heavy (non-hydrogen) atoms. The molecule has 0 unspecified atom stereocenters. The van der Waals surface area contributed by atoms with Gasteiger partial charge in [-0.25, -0.2) is 4.79 Å². The van der Waals surface area contributed by atoms with E-state index in [0.29, 0.717) is 17.5 Å². The van der Waals surface area contributed by atoms with Gasteiger partial charge in [-0.3, -0.25) is 4.90 Å². The molecule has 0 saturated carbocycles. The molecule has 0 heterocycles. The van der Waals surface area contributed by atoms with E-state index in [1.807, 2.05) is 27.7 Å². The molecule has 4 nitrogen and oxygen atoms in total. The van der Waals surface area contributed by atoms with E-state index < -0.39 is 0 Å². The standard InChI is InChI=1S/C10H20N2O2S/c1-7(2)6-14-10(13)12(8(3)4)5-9(11)15/h7-8H,5-6H2,1-4H3,(H2,11,15). The molecule has 0 atom stereocenters. The Morgan fingerprint density at radius 2 is 1.93 bits per heavy atom. The maximum atomic E-state index is 11.6. The van der Waals surface area contributed by atoms with Gasteiger partial charge in [0.2, 0.25) is 0 Å². The summed E-state index contributed by atoms with van der Waals surface area (Å²) in [7, 11) is 0. The minimum atomic E-state index is -0.355. The molecule has 0 aromatic heterocycles. The minimum absolute atomic E-state index is 0.0335. The van der Waals surface area contributed by atoms with Gasteiger partial charge in [-0.15, -0.1) is 0 Å². The summed E-state index contributed by atoms with van der Waals surface area (Å²) in [6.45, 7) is 8.45. The SMILES string of the molecule is CC(C)COC(=O)N(CC(N)=S)C(C)C. The van der Waals surface area contributed by atoms with E-state index in [4.69, 9.17) is 22.7 Å². The lowest BCUT2D eigenvalue weighted by molar-refractivity contribution is 0.0881. The summed E-state index contributed by atoms with van der Waals surface area (Å²) in [4.78, 5) is 13.4. The van der Waals surface area contributed by atoms with Crippen LogP contribution in [0.2, 0.25) is 0 Å². The van der Waals surface area contributed by atoms with Crippen LogP contribution >= 0.6 is 12.2 Å². The van der Waals surface area contributed by atoms with Crippen LogP contribution in [-0.4, -0.2) is 35.2 Å². The second kappa shape index (κ2) is 6.61. The molecule has 2 N–H and O–H groups in total. The Morgan fingerprint density at radius 3 is 2.27 bits per heavy atom. The maximum Gasteiger partial charge on any atom is 0.410 e. The largest absolute Gasteiger partial charge is 0.449 e. The van der Waals surface area contributed by atoms with Gasteiger partial charge in [0.25, 0.3) is 0 Å². The Kier molecular flexibility index (Phi) is 6.24. The van der Waals surface area contributed by atoms with Gasteiger partial charge >= 0.3 is 6.09 Å². The number of rotatable bonds is 5. The molecule has 0 aliphatic rings. The number of thiocarbonyl (C=S) groups is 1. The maximum absolute atomic E-state index is 11.6. The van der Waals surface area contributed by atoms with Gasteiger partial charge in [-0.05, 0) is 19.8 Å². The van der Waals surface area contributed by atoms with Crippen molar-refractivity contribution < 1.29 is 9.53 Å². The topological polar surface area (TPSA) is 55.6 Å². The first kappa shape index (κ1) is 14.2. The molecule has 0 aliphatic carbocycles. The average Bonchev–Trinajstić information content (AvgIpc) is 2.09. The first-order chi connectivity index (χ1) is 6.84. The average molecular weight is 232 g/mol. The summed E-state index contributed by atoms with van der Waals surface area (Å²) in [5.41, 5.74) is 5.41. The van der Waals surface area contributed by atoms with E-state index in [1.165, 1.54) is 4.90 Å². The first-order valence-corrected chi connectivity index (χ1v) is 5.47. The van der Waals surface area contributed by atoms with E-state index in [9.17, 15) is 4.79 Å². The zero-order valence-electron chi connectivity index (χ0n) is 9.82. The summed E-state index contributed by atoms with van der Waals surface area (Å²) in [5.74, 6) is 0.327. The van der Waals surface area contributed by atoms with Crippen LogP contribution in [0.5, 0.6) is 0 Å². The van der Waals surface area contributed by atoms with Crippen LogP contribution in [0.15, 0.2) is 0 Å². The third kappa shape index (κ3) is 6.28. The zero-order chi connectivity index (χ0) is 12.0. The fourth-order valence-corrected chi connectivity index (χ4v) is 1.09. The lowest BCUT2D eigenvalue weighted by atomic mass is 10.2. The molecular formula is C10H20N2O2S. The first-order valence-electron chi connectivity index (χ1n) is 5.06. The highest BCUT2D eigenvalue weighted by molar-refractivity contribution is 7.80. The Morgan fingerprint density at radius 1 is 1.40 bits per heavy atom. The highest BCUT2D eigenvalue weighted by atomic mass is 32.1. The fraction of sp³-hybridized carbons (Fsp3) is 0.800. The van der Waals surface area contributed by atoms with Crippen LogP contribution in [0.4, 0.5) is 4.79 Å². The monoisotopic (exact) mass is 232 g/mol. The van der Waals surface area contributed by atoms with Crippen molar-refractivity contribution in [2.75, 3.05) is 13.2 Å². The second-order valence-corrected chi connectivity index (χ2v) is 4.68. The molecule has 0 aliphatic heterocycles. The van der Waals surface area contributed by atoms with Gasteiger partial charge in [0, 0.05) is 6.04 Å². The van der Waals surface area contributed by atoms with Gasteiger partial charge in [-0.2, -0.15) is 0 Å². The van der Waals surface area contributed by atoms with Gasteiger partial charge < -0.3 is 10.5 Å². The van der Waals surface area contributed by atoms with Crippen molar-refractivity contribution in [3.05, 3.63) is 0 Å². The molecular weight excluding hydrogens is 212 g/mol. The molecule has 0 aromatic rings. The van der Waals surface area contributed by atoms with Crippen LogP contribution in [0.1, 0.15) is 27.7 Å². The normalized spacial score (nSPS) is 10.5. The fourth-order valence-electron chi connectivity index (χ4n) is 0.947. The van der Waals surface area contributed by atoms with Crippen LogP contribution < -0.4 is 5.73 Å². The molecule has 88 valence electrons. The number of nitrogens with two attached hydrogens (primary N) is 1. The van der Waals surface area contributed by atoms with E-state index in [2.05, 4.69) is 0 Å². The molecule has 1 amide bonds. The van der Waals surface area contributed by atoms with Crippen molar-refractivity contribution in [1.82, 2.24) is 4.90 Å². The number of carbonyl (C=O) groups excluding carboxylic acids is 1. The van der Waals surface area contributed by atoms with E-state index >= 15 is 0 Å². The predicted octanol–water partition coefficient (Wildman–Crippen LogP) is 1.78. The highest BCUT2D eigenvalue weighted by Crippen LogP contribution is 2.03. The smallest absolute Gasteiger partial charge is 0.410 e. The molecule has 0 radical (unpaired) electrons. The van der Waals surface area contributed by atoms with Crippen molar-refractivity contribution >= 4 is 23.3 Å². The third-order valence-electron chi connectivity index (χ3n) is 1.72. The molecule has 0 aromatic carbocycles. The van der Waals surface area contributed by atoms with Gasteiger partial charge in [0.15, 0.2) is 0 Å². The van der Waals surface area contributed by atoms with Crippen molar-refractivity contribution in [1.29, 1.82) is 0 Å². The summed E-state index contributed by atoms with van der Waals surface area (Å²) >= 11 is 4.77. The summed E-state index contributed by atoms with van der Waals surface area (Å²) < 4.78 is 5.10. The Hall–Kier alpha value is -0.840. The van der Waals surface area contributed by atoms with Crippen molar-refractivity contribution in [3.63, 3.8) is 0 Å².